The van der Waals surface area contributed by atoms with Crippen LogP contribution in [-0.2, 0) is 19.4 Å². The van der Waals surface area contributed by atoms with Crippen molar-refractivity contribution in [1.29, 1.82) is 0 Å². The van der Waals surface area contributed by atoms with Crippen LogP contribution in [0.25, 0.3) is 11.1 Å². The summed E-state index contributed by atoms with van der Waals surface area (Å²) in [5, 5.41) is 7.86. The van der Waals surface area contributed by atoms with E-state index in [-0.39, 0.29) is 0 Å². The second kappa shape index (κ2) is 7.94. The lowest BCUT2D eigenvalue weighted by Crippen LogP contribution is -2.16. The Bertz CT molecular complexity index is 873. The predicted molar refractivity (Wildman–Crippen MR) is 111 cm³/mol. The first kappa shape index (κ1) is 17.1. The number of hydrogen-bond donors (Lipinski definition) is 2. The van der Waals surface area contributed by atoms with Crippen LogP contribution in [-0.4, -0.2) is 13.1 Å². The molecular formula is C23H23ClN2. The van der Waals surface area contributed by atoms with Gasteiger partial charge < -0.3 is 10.6 Å². The standard InChI is InChI=1S/C23H23ClN2/c24-22-11-10-20-12-14-25-15-13-21(20)23(22)26-16-17-6-8-19(9-7-17)18-4-2-1-3-5-18/h1-11,25-26H,12-16H2. The number of rotatable bonds is 4. The number of nitrogens with one attached hydrogen (secondary N) is 2. The van der Waals surface area contributed by atoms with Crippen LogP contribution in [0.5, 0.6) is 0 Å². The minimum atomic E-state index is 0.776. The molecule has 0 amide bonds. The Morgan fingerprint density at radius 3 is 2.35 bits per heavy atom. The lowest BCUT2D eigenvalue weighted by Gasteiger charge is -2.16. The van der Waals surface area contributed by atoms with E-state index >= 15 is 0 Å². The van der Waals surface area contributed by atoms with Gasteiger partial charge in [-0.1, -0.05) is 72.3 Å². The third-order valence-electron chi connectivity index (χ3n) is 5.01. The zero-order valence-corrected chi connectivity index (χ0v) is 15.5. The van der Waals surface area contributed by atoms with Gasteiger partial charge in [0, 0.05) is 6.54 Å². The molecule has 1 aliphatic heterocycles. The molecule has 1 aliphatic rings. The van der Waals surface area contributed by atoms with E-state index < -0.39 is 0 Å². The Labute approximate surface area is 160 Å². The van der Waals surface area contributed by atoms with Gasteiger partial charge in [0.25, 0.3) is 0 Å². The quantitative estimate of drug-likeness (QED) is 0.657. The summed E-state index contributed by atoms with van der Waals surface area (Å²) in [5.41, 5.74) is 7.61. The van der Waals surface area contributed by atoms with Gasteiger partial charge in [0.05, 0.1) is 10.7 Å². The van der Waals surface area contributed by atoms with Gasteiger partial charge >= 0.3 is 0 Å². The van der Waals surface area contributed by atoms with Crippen LogP contribution in [0.2, 0.25) is 5.02 Å². The molecule has 0 spiro atoms. The maximum absolute atomic E-state index is 6.50. The average molecular weight is 363 g/mol. The number of fused-ring (bicyclic) bond motifs is 1. The SMILES string of the molecule is Clc1ccc2c(c1NCc1ccc(-c3ccccc3)cc1)CCNCC2. The highest BCUT2D eigenvalue weighted by Crippen LogP contribution is 2.31. The third-order valence-corrected chi connectivity index (χ3v) is 5.33. The smallest absolute Gasteiger partial charge is 0.0640 e. The van der Waals surface area contributed by atoms with E-state index in [1.165, 1.54) is 27.8 Å². The molecule has 0 aliphatic carbocycles. The van der Waals surface area contributed by atoms with Crippen LogP contribution in [0.3, 0.4) is 0 Å². The molecule has 0 saturated heterocycles. The predicted octanol–water partition coefficient (Wildman–Crippen LogP) is 5.31. The summed E-state index contributed by atoms with van der Waals surface area (Å²) in [6.45, 7) is 2.82. The number of halogens is 1. The molecule has 2 nitrogen and oxygen atoms in total. The molecule has 0 atom stereocenters. The molecular weight excluding hydrogens is 340 g/mol. The van der Waals surface area contributed by atoms with Crippen LogP contribution in [0.15, 0.2) is 66.7 Å². The van der Waals surface area contributed by atoms with Gasteiger partial charge in [0.15, 0.2) is 0 Å². The second-order valence-electron chi connectivity index (χ2n) is 6.73. The summed E-state index contributed by atoms with van der Waals surface area (Å²) in [5.74, 6) is 0. The van der Waals surface area contributed by atoms with Crippen LogP contribution >= 0.6 is 11.6 Å². The fourth-order valence-electron chi connectivity index (χ4n) is 3.57. The zero-order chi connectivity index (χ0) is 17.8. The van der Waals surface area contributed by atoms with Crippen molar-refractivity contribution in [2.45, 2.75) is 19.4 Å². The van der Waals surface area contributed by atoms with Crippen molar-refractivity contribution < 1.29 is 0 Å². The molecule has 0 unspecified atom stereocenters. The van der Waals surface area contributed by atoms with Crippen molar-refractivity contribution in [2.75, 3.05) is 18.4 Å². The average Bonchev–Trinajstić information content (AvgIpc) is 2.94. The third kappa shape index (κ3) is 3.77. The van der Waals surface area contributed by atoms with Gasteiger partial charge in [0.2, 0.25) is 0 Å². The minimum absolute atomic E-state index is 0.776. The molecule has 132 valence electrons. The first-order chi connectivity index (χ1) is 12.8. The van der Waals surface area contributed by atoms with E-state index in [1.54, 1.807) is 0 Å². The van der Waals surface area contributed by atoms with Crippen molar-refractivity contribution in [3.63, 3.8) is 0 Å². The molecule has 3 heteroatoms. The van der Waals surface area contributed by atoms with E-state index in [0.29, 0.717) is 0 Å². The van der Waals surface area contributed by atoms with Gasteiger partial charge in [-0.05, 0) is 59.8 Å². The first-order valence-electron chi connectivity index (χ1n) is 9.20. The van der Waals surface area contributed by atoms with Gasteiger partial charge in [-0.3, -0.25) is 0 Å². The lowest BCUT2D eigenvalue weighted by molar-refractivity contribution is 0.711. The molecule has 0 radical (unpaired) electrons. The summed E-state index contributed by atoms with van der Waals surface area (Å²) in [6, 6.07) is 23.4. The normalized spacial score (nSPS) is 13.7. The molecule has 26 heavy (non-hydrogen) atoms. The van der Waals surface area contributed by atoms with Crippen LogP contribution in [0.4, 0.5) is 5.69 Å². The topological polar surface area (TPSA) is 24.1 Å². The van der Waals surface area contributed by atoms with E-state index in [4.69, 9.17) is 11.6 Å². The van der Waals surface area contributed by atoms with Gasteiger partial charge in [-0.25, -0.2) is 0 Å². The van der Waals surface area contributed by atoms with E-state index in [0.717, 1.165) is 43.2 Å². The Kier molecular flexibility index (Phi) is 5.24. The highest BCUT2D eigenvalue weighted by atomic mass is 35.5. The van der Waals surface area contributed by atoms with Crippen molar-refractivity contribution in [2.24, 2.45) is 0 Å². The molecule has 0 aromatic heterocycles. The monoisotopic (exact) mass is 362 g/mol. The largest absolute Gasteiger partial charge is 0.380 e. The summed E-state index contributed by atoms with van der Waals surface area (Å²) >= 11 is 6.50. The maximum Gasteiger partial charge on any atom is 0.0640 e. The molecule has 4 rings (SSSR count). The Morgan fingerprint density at radius 2 is 1.54 bits per heavy atom. The summed E-state index contributed by atoms with van der Waals surface area (Å²) < 4.78 is 0. The molecule has 0 bridgehead atoms. The molecule has 1 heterocycles. The summed E-state index contributed by atoms with van der Waals surface area (Å²) in [6.07, 6.45) is 2.08. The summed E-state index contributed by atoms with van der Waals surface area (Å²) in [7, 11) is 0. The van der Waals surface area contributed by atoms with E-state index in [1.807, 2.05) is 12.1 Å². The number of benzene rings is 3. The Hall–Kier alpha value is -2.29. The van der Waals surface area contributed by atoms with Crippen LogP contribution < -0.4 is 10.6 Å². The fraction of sp³-hybridized carbons (Fsp3) is 0.217. The van der Waals surface area contributed by atoms with Crippen molar-refractivity contribution >= 4 is 17.3 Å². The Morgan fingerprint density at radius 1 is 0.808 bits per heavy atom. The number of anilines is 1. The van der Waals surface area contributed by atoms with E-state index in [9.17, 15) is 0 Å². The fourth-order valence-corrected chi connectivity index (χ4v) is 3.81. The van der Waals surface area contributed by atoms with E-state index in [2.05, 4.69) is 65.2 Å². The van der Waals surface area contributed by atoms with Crippen molar-refractivity contribution in [3.8, 4) is 11.1 Å². The molecule has 2 N–H and O–H groups in total. The maximum atomic E-state index is 6.50. The molecule has 0 saturated carbocycles. The van der Waals surface area contributed by atoms with Crippen LogP contribution in [0, 0.1) is 0 Å². The molecule has 0 fully saturated rings. The minimum Gasteiger partial charge on any atom is -0.380 e. The van der Waals surface area contributed by atoms with Gasteiger partial charge in [-0.15, -0.1) is 0 Å². The summed E-state index contributed by atoms with van der Waals surface area (Å²) in [4.78, 5) is 0. The Balaban J connectivity index is 1.51. The molecule has 3 aromatic carbocycles. The van der Waals surface area contributed by atoms with Crippen molar-refractivity contribution in [1.82, 2.24) is 5.32 Å². The van der Waals surface area contributed by atoms with Gasteiger partial charge in [-0.2, -0.15) is 0 Å². The highest BCUT2D eigenvalue weighted by molar-refractivity contribution is 6.33. The van der Waals surface area contributed by atoms with Gasteiger partial charge in [0.1, 0.15) is 0 Å². The van der Waals surface area contributed by atoms with Crippen LogP contribution in [0.1, 0.15) is 16.7 Å². The lowest BCUT2D eigenvalue weighted by atomic mass is 10.0. The van der Waals surface area contributed by atoms with Crippen molar-refractivity contribution in [3.05, 3.63) is 88.4 Å². The zero-order valence-electron chi connectivity index (χ0n) is 14.8. The number of hydrogen-bond acceptors (Lipinski definition) is 2. The first-order valence-corrected chi connectivity index (χ1v) is 9.58. The highest BCUT2D eigenvalue weighted by Gasteiger charge is 2.14. The second-order valence-corrected chi connectivity index (χ2v) is 7.13. The molecule has 3 aromatic rings.